The van der Waals surface area contributed by atoms with E-state index in [9.17, 15) is 4.39 Å². The highest BCUT2D eigenvalue weighted by atomic mass is 19.1. The van der Waals surface area contributed by atoms with Crippen LogP contribution in [-0.2, 0) is 6.42 Å². The van der Waals surface area contributed by atoms with Gasteiger partial charge in [0.2, 0.25) is 0 Å². The van der Waals surface area contributed by atoms with Crippen molar-refractivity contribution in [1.82, 2.24) is 9.88 Å². The third-order valence-corrected chi connectivity index (χ3v) is 4.25. The average molecular weight is 343 g/mol. The molecule has 2 aromatic rings. The smallest absolute Gasteiger partial charge is 0.179 e. The average Bonchev–Trinajstić information content (AvgIpc) is 3.09. The van der Waals surface area contributed by atoms with Gasteiger partial charge in [0.25, 0.3) is 0 Å². The van der Waals surface area contributed by atoms with Gasteiger partial charge in [-0.2, -0.15) is 0 Å². The molecule has 25 heavy (non-hydrogen) atoms. The molecule has 1 aromatic heterocycles. The van der Waals surface area contributed by atoms with Crippen LogP contribution in [0.5, 0.6) is 0 Å². The molecule has 3 rings (SSSR count). The van der Waals surface area contributed by atoms with Crippen LogP contribution in [0.2, 0.25) is 0 Å². The number of nitrogens with one attached hydrogen (secondary N) is 1. The normalized spacial score (nSPS) is 22.3. The first-order valence-corrected chi connectivity index (χ1v) is 8.03. The van der Waals surface area contributed by atoms with Gasteiger partial charge in [0.1, 0.15) is 0 Å². The minimum absolute atomic E-state index is 0.0923. The molecular weight excluding hydrogens is 317 g/mol. The standard InChI is InChI=1S/C17H21FN4.C2H5N/c1-11(22-10-17(18,20)8-16(22)12(2)19)7-13-9-21-15-6-4-3-5-14(13)15;1-2-3/h3-6,9,16,21H,1-2,7-8,10,19-20H2;2H,1,3H2. The number of nitrogens with two attached hydrogens (primary N) is 3. The Morgan fingerprint density at radius 3 is 2.68 bits per heavy atom. The fourth-order valence-corrected chi connectivity index (χ4v) is 3.15. The number of hydrogen-bond donors (Lipinski definition) is 4. The molecule has 134 valence electrons. The van der Waals surface area contributed by atoms with E-state index in [1.165, 1.54) is 6.20 Å². The minimum Gasteiger partial charge on any atom is -0.405 e. The van der Waals surface area contributed by atoms with Crippen molar-refractivity contribution in [2.24, 2.45) is 17.2 Å². The largest absolute Gasteiger partial charge is 0.405 e. The molecule has 1 aliphatic heterocycles. The summed E-state index contributed by atoms with van der Waals surface area (Å²) < 4.78 is 14.2. The van der Waals surface area contributed by atoms with Gasteiger partial charge in [0, 0.05) is 41.3 Å². The highest BCUT2D eigenvalue weighted by Crippen LogP contribution is 2.33. The number of likely N-dealkylation sites (tertiary alicyclic amines) is 1. The molecule has 1 saturated heterocycles. The van der Waals surface area contributed by atoms with Crippen molar-refractivity contribution in [3.63, 3.8) is 0 Å². The molecule has 1 fully saturated rings. The minimum atomic E-state index is -1.75. The van der Waals surface area contributed by atoms with Crippen LogP contribution in [0.3, 0.4) is 0 Å². The van der Waals surface area contributed by atoms with Crippen molar-refractivity contribution in [1.29, 1.82) is 0 Å². The quantitative estimate of drug-likeness (QED) is 0.641. The van der Waals surface area contributed by atoms with E-state index in [-0.39, 0.29) is 19.0 Å². The van der Waals surface area contributed by atoms with Crippen LogP contribution in [0.15, 0.2) is 67.8 Å². The lowest BCUT2D eigenvalue weighted by molar-refractivity contribution is 0.183. The summed E-state index contributed by atoms with van der Waals surface area (Å²) in [6.07, 6.45) is 3.97. The molecule has 2 unspecified atom stereocenters. The van der Waals surface area contributed by atoms with Gasteiger partial charge in [0.15, 0.2) is 5.79 Å². The summed E-state index contributed by atoms with van der Waals surface area (Å²) in [5, 5.41) is 1.14. The van der Waals surface area contributed by atoms with E-state index in [0.717, 1.165) is 22.2 Å². The fourth-order valence-electron chi connectivity index (χ4n) is 3.15. The second-order valence-electron chi connectivity index (χ2n) is 6.30. The number of hydrogen-bond acceptors (Lipinski definition) is 4. The molecule has 7 N–H and O–H groups in total. The topological polar surface area (TPSA) is 97.1 Å². The van der Waals surface area contributed by atoms with E-state index in [0.29, 0.717) is 12.1 Å². The zero-order valence-electron chi connectivity index (χ0n) is 14.3. The molecule has 2 atom stereocenters. The maximum atomic E-state index is 14.2. The molecule has 0 radical (unpaired) electrons. The van der Waals surface area contributed by atoms with Gasteiger partial charge in [-0.05, 0) is 17.8 Å². The Morgan fingerprint density at radius 2 is 2.04 bits per heavy atom. The van der Waals surface area contributed by atoms with Crippen LogP contribution in [0.25, 0.3) is 10.9 Å². The zero-order valence-corrected chi connectivity index (χ0v) is 14.3. The number of halogens is 1. The number of aromatic amines is 1. The fraction of sp³-hybridized carbons (Fsp3) is 0.263. The lowest BCUT2D eigenvalue weighted by atomic mass is 10.1. The molecule has 1 aliphatic rings. The van der Waals surface area contributed by atoms with Crippen LogP contribution in [0.1, 0.15) is 12.0 Å². The summed E-state index contributed by atoms with van der Waals surface area (Å²) in [6, 6.07) is 7.76. The van der Waals surface area contributed by atoms with Gasteiger partial charge in [-0.3, -0.25) is 5.73 Å². The summed E-state index contributed by atoms with van der Waals surface area (Å²) in [5.41, 5.74) is 19.5. The van der Waals surface area contributed by atoms with Crippen molar-refractivity contribution >= 4 is 10.9 Å². The maximum absolute atomic E-state index is 14.2. The molecule has 2 heterocycles. The van der Waals surface area contributed by atoms with Gasteiger partial charge < -0.3 is 21.4 Å². The van der Waals surface area contributed by atoms with Crippen LogP contribution in [0, 0.1) is 0 Å². The Labute approximate surface area is 147 Å². The summed E-state index contributed by atoms with van der Waals surface area (Å²) in [4.78, 5) is 5.07. The van der Waals surface area contributed by atoms with Crippen LogP contribution < -0.4 is 17.2 Å². The third-order valence-electron chi connectivity index (χ3n) is 4.25. The number of fused-ring (bicyclic) bond motifs is 1. The number of benzene rings is 1. The Hall–Kier alpha value is -2.73. The lowest BCUT2D eigenvalue weighted by Crippen LogP contribution is -2.37. The van der Waals surface area contributed by atoms with E-state index in [1.807, 2.05) is 29.3 Å². The summed E-state index contributed by atoms with van der Waals surface area (Å²) in [6.45, 7) is 11.1. The van der Waals surface area contributed by atoms with Crippen molar-refractivity contribution < 1.29 is 4.39 Å². The Kier molecular flexibility index (Phi) is 5.54. The van der Waals surface area contributed by atoms with E-state index >= 15 is 0 Å². The maximum Gasteiger partial charge on any atom is 0.179 e. The Bertz CT molecular complexity index is 777. The number of aromatic nitrogens is 1. The first kappa shape index (κ1) is 18.6. The number of para-hydroxylation sites is 1. The third kappa shape index (κ3) is 4.22. The molecule has 0 amide bonds. The Balaban J connectivity index is 0.000000701. The molecular formula is C19H26FN5. The van der Waals surface area contributed by atoms with Gasteiger partial charge in [-0.25, -0.2) is 4.39 Å². The van der Waals surface area contributed by atoms with Crippen LogP contribution in [-0.4, -0.2) is 28.3 Å². The van der Waals surface area contributed by atoms with Gasteiger partial charge >= 0.3 is 0 Å². The van der Waals surface area contributed by atoms with Crippen LogP contribution in [0.4, 0.5) is 4.39 Å². The van der Waals surface area contributed by atoms with Crippen LogP contribution >= 0.6 is 0 Å². The second-order valence-corrected chi connectivity index (χ2v) is 6.30. The highest BCUT2D eigenvalue weighted by Gasteiger charge is 2.42. The predicted molar refractivity (Wildman–Crippen MR) is 102 cm³/mol. The zero-order chi connectivity index (χ0) is 18.6. The number of alkyl halides is 1. The molecule has 5 nitrogen and oxygen atoms in total. The molecule has 6 heteroatoms. The summed E-state index contributed by atoms with van der Waals surface area (Å²) in [5.74, 6) is -1.75. The summed E-state index contributed by atoms with van der Waals surface area (Å²) in [7, 11) is 0. The molecule has 1 aromatic carbocycles. The Morgan fingerprint density at radius 1 is 1.40 bits per heavy atom. The number of H-pyrrole nitrogens is 1. The molecule has 0 saturated carbocycles. The number of nitrogens with zero attached hydrogens (tertiary/aromatic N) is 1. The van der Waals surface area contributed by atoms with E-state index in [4.69, 9.17) is 11.5 Å². The first-order valence-electron chi connectivity index (χ1n) is 8.03. The SMILES string of the molecule is C=C(N)C1CC(N)(F)CN1C(=C)Cc1c[nH]c2ccccc12.C=CN. The van der Waals surface area contributed by atoms with Gasteiger partial charge in [0.05, 0.1) is 12.6 Å². The van der Waals surface area contributed by atoms with E-state index in [2.05, 4.69) is 36.5 Å². The first-order chi connectivity index (χ1) is 11.8. The molecule has 0 spiro atoms. The summed E-state index contributed by atoms with van der Waals surface area (Å²) >= 11 is 0. The van der Waals surface area contributed by atoms with Crippen molar-refractivity contribution in [3.05, 3.63) is 73.4 Å². The lowest BCUT2D eigenvalue weighted by Gasteiger charge is -2.28. The van der Waals surface area contributed by atoms with Gasteiger partial charge in [-0.15, -0.1) is 0 Å². The van der Waals surface area contributed by atoms with E-state index < -0.39 is 5.79 Å². The molecule has 0 bridgehead atoms. The monoisotopic (exact) mass is 343 g/mol. The van der Waals surface area contributed by atoms with E-state index in [1.54, 1.807) is 0 Å². The second kappa shape index (κ2) is 7.44. The van der Waals surface area contributed by atoms with Gasteiger partial charge in [-0.1, -0.05) is 37.9 Å². The number of rotatable bonds is 4. The van der Waals surface area contributed by atoms with Crippen molar-refractivity contribution in [3.8, 4) is 0 Å². The van der Waals surface area contributed by atoms with Crippen molar-refractivity contribution in [2.75, 3.05) is 6.54 Å². The highest BCUT2D eigenvalue weighted by molar-refractivity contribution is 5.83. The van der Waals surface area contributed by atoms with Crippen molar-refractivity contribution in [2.45, 2.75) is 24.7 Å². The molecule has 0 aliphatic carbocycles. The predicted octanol–water partition coefficient (Wildman–Crippen LogP) is 2.48. The number of allylic oxidation sites excluding steroid dienone is 1.